The van der Waals surface area contributed by atoms with Crippen LogP contribution in [0.2, 0.25) is 0 Å². The van der Waals surface area contributed by atoms with E-state index in [9.17, 15) is 4.79 Å². The molecular weight excluding hydrogens is 300 g/mol. The zero-order valence-corrected chi connectivity index (χ0v) is 14.1. The number of methoxy groups -OCH3 is 1. The van der Waals surface area contributed by atoms with Gasteiger partial charge in [-0.3, -0.25) is 9.69 Å². The molecule has 24 heavy (non-hydrogen) atoms. The van der Waals surface area contributed by atoms with Gasteiger partial charge in [0.15, 0.2) is 0 Å². The highest BCUT2D eigenvalue weighted by molar-refractivity contribution is 5.92. The first-order valence-corrected chi connectivity index (χ1v) is 8.82. The average molecular weight is 322 g/mol. The number of carbonyl (C=O) groups excluding carboxylic acids is 1. The molecule has 4 aliphatic rings. The SMILES string of the molecule is CCC1=C[C@@H]2CN3Cc4c([nH]c5ccccc45)[C@@](C(=O)OC)(C2)[C@@H]13. The van der Waals surface area contributed by atoms with Gasteiger partial charge in [0.2, 0.25) is 0 Å². The lowest BCUT2D eigenvalue weighted by atomic mass is 9.58. The van der Waals surface area contributed by atoms with Crippen LogP contribution in [0.3, 0.4) is 0 Å². The van der Waals surface area contributed by atoms with Crippen LogP contribution in [0, 0.1) is 5.92 Å². The second-order valence-corrected chi connectivity index (χ2v) is 7.38. The minimum atomic E-state index is -0.579. The lowest BCUT2D eigenvalue weighted by Gasteiger charge is -2.57. The zero-order chi connectivity index (χ0) is 16.5. The van der Waals surface area contributed by atoms with Gasteiger partial charge in [-0.05, 0) is 30.4 Å². The van der Waals surface area contributed by atoms with Crippen LogP contribution >= 0.6 is 0 Å². The van der Waals surface area contributed by atoms with Crippen molar-refractivity contribution in [1.82, 2.24) is 9.88 Å². The van der Waals surface area contributed by atoms with Crippen molar-refractivity contribution in [3.8, 4) is 0 Å². The molecular formula is C20H22N2O2. The van der Waals surface area contributed by atoms with Crippen molar-refractivity contribution < 1.29 is 9.53 Å². The first-order chi connectivity index (χ1) is 11.7. The fraction of sp³-hybridized carbons (Fsp3) is 0.450. The van der Waals surface area contributed by atoms with E-state index in [-0.39, 0.29) is 12.0 Å². The average Bonchev–Trinajstić information content (AvgIpc) is 2.99. The lowest BCUT2D eigenvalue weighted by Crippen LogP contribution is -2.66. The van der Waals surface area contributed by atoms with Crippen LogP contribution in [0.4, 0.5) is 0 Å². The Morgan fingerprint density at radius 1 is 1.42 bits per heavy atom. The largest absolute Gasteiger partial charge is 0.468 e. The minimum Gasteiger partial charge on any atom is -0.468 e. The molecule has 4 heterocycles. The van der Waals surface area contributed by atoms with Gasteiger partial charge in [-0.2, -0.15) is 0 Å². The van der Waals surface area contributed by atoms with Crippen LogP contribution in [0.5, 0.6) is 0 Å². The summed E-state index contributed by atoms with van der Waals surface area (Å²) in [5.41, 5.74) is 4.32. The number of esters is 1. The molecule has 0 spiro atoms. The molecule has 1 aliphatic carbocycles. The first-order valence-electron chi connectivity index (χ1n) is 8.82. The lowest BCUT2D eigenvalue weighted by molar-refractivity contribution is -0.155. The Bertz CT molecular complexity index is 881. The monoisotopic (exact) mass is 322 g/mol. The Kier molecular flexibility index (Phi) is 2.82. The molecule has 1 unspecified atom stereocenters. The molecule has 1 N–H and O–H groups in total. The highest BCUT2D eigenvalue weighted by Gasteiger charge is 2.61. The van der Waals surface area contributed by atoms with Crippen molar-refractivity contribution in [2.45, 2.75) is 37.8 Å². The van der Waals surface area contributed by atoms with Gasteiger partial charge >= 0.3 is 5.97 Å². The van der Waals surface area contributed by atoms with Crippen molar-refractivity contribution in [1.29, 1.82) is 0 Å². The molecule has 1 fully saturated rings. The number of hydrogen-bond acceptors (Lipinski definition) is 3. The van der Waals surface area contributed by atoms with E-state index in [0.717, 1.165) is 37.1 Å². The van der Waals surface area contributed by atoms with E-state index in [2.05, 4.69) is 41.1 Å². The fourth-order valence-corrected chi connectivity index (χ4v) is 5.50. The highest BCUT2D eigenvalue weighted by Crippen LogP contribution is 2.54. The number of fused-ring (bicyclic) bond motifs is 3. The van der Waals surface area contributed by atoms with Crippen LogP contribution in [0.1, 0.15) is 31.0 Å². The number of ether oxygens (including phenoxy) is 1. The molecule has 4 nitrogen and oxygen atoms in total. The third-order valence-corrected chi connectivity index (χ3v) is 6.26. The summed E-state index contributed by atoms with van der Waals surface area (Å²) in [6.45, 7) is 4.16. The van der Waals surface area contributed by atoms with Gasteiger partial charge in [0.1, 0.15) is 5.41 Å². The summed E-state index contributed by atoms with van der Waals surface area (Å²) in [4.78, 5) is 19.2. The summed E-state index contributed by atoms with van der Waals surface area (Å²) in [6.07, 6.45) is 4.26. The number of piperidine rings is 1. The number of nitrogens with zero attached hydrogens (tertiary/aromatic N) is 1. The molecule has 4 bridgehead atoms. The maximum atomic E-state index is 13.1. The first kappa shape index (κ1) is 14.3. The Hall–Kier alpha value is -2.07. The molecule has 1 aromatic carbocycles. The third kappa shape index (κ3) is 1.55. The number of carbonyl (C=O) groups is 1. The Labute approximate surface area is 141 Å². The summed E-state index contributed by atoms with van der Waals surface area (Å²) >= 11 is 0. The topological polar surface area (TPSA) is 45.3 Å². The van der Waals surface area contributed by atoms with Crippen molar-refractivity contribution >= 4 is 16.9 Å². The van der Waals surface area contributed by atoms with Crippen molar-refractivity contribution in [2.75, 3.05) is 13.7 Å². The summed E-state index contributed by atoms with van der Waals surface area (Å²) in [7, 11) is 1.52. The minimum absolute atomic E-state index is 0.0891. The molecule has 124 valence electrons. The maximum Gasteiger partial charge on any atom is 0.319 e. The summed E-state index contributed by atoms with van der Waals surface area (Å²) in [5, 5.41) is 1.24. The van der Waals surface area contributed by atoms with Gasteiger partial charge in [0.05, 0.1) is 13.2 Å². The van der Waals surface area contributed by atoms with Gasteiger partial charge < -0.3 is 9.72 Å². The summed E-state index contributed by atoms with van der Waals surface area (Å²) < 4.78 is 5.35. The normalized spacial score (nSPS) is 33.2. The van der Waals surface area contributed by atoms with Gasteiger partial charge in [0, 0.05) is 29.7 Å². The molecule has 1 saturated heterocycles. The van der Waals surface area contributed by atoms with E-state index < -0.39 is 5.41 Å². The van der Waals surface area contributed by atoms with E-state index in [4.69, 9.17) is 4.74 Å². The number of nitrogens with one attached hydrogen (secondary N) is 1. The van der Waals surface area contributed by atoms with Crippen molar-refractivity contribution in [2.24, 2.45) is 5.92 Å². The van der Waals surface area contributed by atoms with Crippen LogP contribution in [-0.2, 0) is 21.5 Å². The Morgan fingerprint density at radius 2 is 2.25 bits per heavy atom. The van der Waals surface area contributed by atoms with Gasteiger partial charge in [-0.15, -0.1) is 0 Å². The van der Waals surface area contributed by atoms with E-state index >= 15 is 0 Å². The molecule has 1 aromatic heterocycles. The third-order valence-electron chi connectivity index (χ3n) is 6.26. The Morgan fingerprint density at radius 3 is 3.04 bits per heavy atom. The second-order valence-electron chi connectivity index (χ2n) is 7.38. The van der Waals surface area contributed by atoms with Gasteiger partial charge in [-0.1, -0.05) is 36.8 Å². The van der Waals surface area contributed by atoms with Crippen LogP contribution in [0.25, 0.3) is 10.9 Å². The molecule has 2 aromatic rings. The van der Waals surface area contributed by atoms with Crippen LogP contribution in [0.15, 0.2) is 35.9 Å². The van der Waals surface area contributed by atoms with E-state index in [1.807, 2.05) is 6.07 Å². The van der Waals surface area contributed by atoms with Gasteiger partial charge in [-0.25, -0.2) is 0 Å². The number of hydrogen-bond donors (Lipinski definition) is 1. The quantitative estimate of drug-likeness (QED) is 0.682. The fourth-order valence-electron chi connectivity index (χ4n) is 5.50. The molecule has 0 amide bonds. The predicted octanol–water partition coefficient (Wildman–Crippen LogP) is 3.13. The number of benzene rings is 1. The molecule has 4 heteroatoms. The molecule has 6 rings (SSSR count). The van der Waals surface area contributed by atoms with Crippen molar-refractivity contribution in [3.05, 3.63) is 47.2 Å². The molecule has 3 aliphatic heterocycles. The van der Waals surface area contributed by atoms with E-state index in [0.29, 0.717) is 5.92 Å². The predicted molar refractivity (Wildman–Crippen MR) is 92.7 cm³/mol. The smallest absolute Gasteiger partial charge is 0.319 e. The second kappa shape index (κ2) is 4.73. The number of aromatic nitrogens is 1. The van der Waals surface area contributed by atoms with Crippen LogP contribution < -0.4 is 0 Å². The molecule has 0 saturated carbocycles. The van der Waals surface area contributed by atoms with E-state index in [1.165, 1.54) is 23.6 Å². The molecule has 0 radical (unpaired) electrons. The number of H-pyrrole nitrogens is 1. The number of aromatic amines is 1. The van der Waals surface area contributed by atoms with Gasteiger partial charge in [0.25, 0.3) is 0 Å². The number of para-hydroxylation sites is 1. The molecule has 4 atom stereocenters. The standard InChI is InChI=1S/C20H22N2O2/c1-3-13-8-12-9-20(19(23)24-2)17-15(11-22(10-12)18(13)20)14-6-4-5-7-16(14)21-17/h4-8,12,18,21H,3,9-11H2,1-2H3/t12-,18+,20-/m0/s1. The summed E-state index contributed by atoms with van der Waals surface area (Å²) in [5.74, 6) is 0.345. The number of rotatable bonds is 2. The van der Waals surface area contributed by atoms with Crippen molar-refractivity contribution in [3.63, 3.8) is 0 Å². The summed E-state index contributed by atoms with van der Waals surface area (Å²) in [6, 6.07) is 8.52. The maximum absolute atomic E-state index is 13.1. The van der Waals surface area contributed by atoms with E-state index in [1.54, 1.807) is 0 Å². The zero-order valence-electron chi connectivity index (χ0n) is 14.1. The van der Waals surface area contributed by atoms with Crippen LogP contribution in [-0.4, -0.2) is 35.5 Å². The highest BCUT2D eigenvalue weighted by atomic mass is 16.5. The Balaban J connectivity index is 1.83.